The fraction of sp³-hybridized carbons (Fsp3) is 0.132. The number of aryl methyl sites for hydroxylation is 2. The van der Waals surface area contributed by atoms with Gasteiger partial charge in [0.15, 0.2) is 34.6 Å². The molecule has 71 heavy (non-hydrogen) atoms. The maximum atomic E-state index is 12.9. The molecule has 0 amide bonds. The second-order valence-corrected chi connectivity index (χ2v) is 15.2. The second kappa shape index (κ2) is 24.4. The van der Waals surface area contributed by atoms with Gasteiger partial charge >= 0.3 is 23.9 Å². The number of allylic oxidation sites excluding steroid dienone is 2. The number of hydrogen-bond acceptors (Lipinski definition) is 16. The van der Waals surface area contributed by atoms with Crippen LogP contribution in [-0.2, 0) is 32.0 Å². The van der Waals surface area contributed by atoms with Gasteiger partial charge in [0.05, 0.1) is 56.2 Å². The number of hydrogen-bond donors (Lipinski definition) is 4. The SMILES string of the molecule is COc1cc(C=CC(=O)CC(=O)C=Cc2ccc(OC(=O)CCc3ccccc3N=Nc3ccc(O)c(C(=O)O)c3)c(OC)c2)ccc1OC(=O)CCc1ccccc1N=Nc1ccc(O)c(C(=O)O)c1. The smallest absolute Gasteiger partial charge is 0.339 e. The number of ketones is 2. The predicted molar refractivity (Wildman–Crippen MR) is 258 cm³/mol. The molecule has 18 nitrogen and oxygen atoms in total. The van der Waals surface area contributed by atoms with E-state index in [9.17, 15) is 49.2 Å². The fourth-order valence-corrected chi connectivity index (χ4v) is 6.61. The maximum absolute atomic E-state index is 12.9. The van der Waals surface area contributed by atoms with E-state index >= 15 is 0 Å². The number of carboxylic acid groups (broad SMARTS) is 2. The van der Waals surface area contributed by atoms with Crippen molar-refractivity contribution >= 4 is 70.3 Å². The molecule has 0 unspecified atom stereocenters. The molecule has 0 saturated carbocycles. The minimum Gasteiger partial charge on any atom is -0.507 e. The Morgan fingerprint density at radius 2 is 0.901 bits per heavy atom. The van der Waals surface area contributed by atoms with Crippen molar-refractivity contribution in [1.29, 1.82) is 0 Å². The number of nitrogens with zero attached hydrogens (tertiary/aromatic N) is 4. The lowest BCUT2D eigenvalue weighted by atomic mass is 10.1. The van der Waals surface area contributed by atoms with Crippen molar-refractivity contribution in [2.24, 2.45) is 20.5 Å². The van der Waals surface area contributed by atoms with E-state index in [-0.39, 0.29) is 71.2 Å². The molecule has 0 fully saturated rings. The summed E-state index contributed by atoms with van der Waals surface area (Å²) in [5.41, 5.74) is 3.12. The molecule has 0 saturated heterocycles. The fourth-order valence-electron chi connectivity index (χ4n) is 6.61. The molecule has 18 heteroatoms. The lowest BCUT2D eigenvalue weighted by Crippen LogP contribution is -2.10. The van der Waals surface area contributed by atoms with Crippen LogP contribution >= 0.6 is 0 Å². The molecule has 6 aromatic rings. The molecule has 0 atom stereocenters. The van der Waals surface area contributed by atoms with Crippen LogP contribution in [0.4, 0.5) is 22.7 Å². The number of azo groups is 2. The Kier molecular flexibility index (Phi) is 17.5. The van der Waals surface area contributed by atoms with Crippen LogP contribution in [0.1, 0.15) is 62.2 Å². The standard InChI is InChI=1S/C53H44N4O14/c1-68-48-27-32(13-23-46(48)70-50(62)25-15-34-7-3-5-9-42(34)56-54-36-17-21-44(60)40(29-36)52(64)65)11-19-38(58)31-39(59)20-12-33-14-24-47(49(28-33)69-2)71-51(63)26-16-35-8-4-6-10-43(35)57-55-37-18-22-45(61)41(30-37)53(66)67/h3-14,17-24,27-30,60-61H,15-16,25-26,31H2,1-2H3,(H,64,65)(H,66,67). The highest BCUT2D eigenvalue weighted by Crippen LogP contribution is 2.33. The number of esters is 2. The zero-order chi connectivity index (χ0) is 50.9. The minimum atomic E-state index is -1.31. The third-order valence-electron chi connectivity index (χ3n) is 10.2. The monoisotopic (exact) mass is 960 g/mol. The first kappa shape index (κ1) is 50.8. The quantitative estimate of drug-likeness (QED) is 0.0162. The van der Waals surface area contributed by atoms with Crippen molar-refractivity contribution in [3.8, 4) is 34.5 Å². The van der Waals surface area contributed by atoms with E-state index in [0.717, 1.165) is 0 Å². The summed E-state index contributed by atoms with van der Waals surface area (Å²) in [6, 6.07) is 30.9. The van der Waals surface area contributed by atoms with Gasteiger partial charge in [0.25, 0.3) is 0 Å². The molecule has 0 spiro atoms. The number of rotatable bonds is 22. The summed E-state index contributed by atoms with van der Waals surface area (Å²) >= 11 is 0. The molecule has 0 aliphatic heterocycles. The molecule has 0 aliphatic rings. The zero-order valence-electron chi connectivity index (χ0n) is 38.1. The Morgan fingerprint density at radius 3 is 1.30 bits per heavy atom. The predicted octanol–water partition coefficient (Wildman–Crippen LogP) is 10.7. The van der Waals surface area contributed by atoms with E-state index in [1.54, 1.807) is 72.8 Å². The number of benzene rings is 6. The van der Waals surface area contributed by atoms with Crippen molar-refractivity contribution < 1.29 is 68.1 Å². The summed E-state index contributed by atoms with van der Waals surface area (Å²) in [5, 5.41) is 54.6. The maximum Gasteiger partial charge on any atom is 0.339 e. The second-order valence-electron chi connectivity index (χ2n) is 15.2. The molecule has 0 aromatic heterocycles. The molecule has 0 heterocycles. The van der Waals surface area contributed by atoms with Crippen LogP contribution in [0.3, 0.4) is 0 Å². The van der Waals surface area contributed by atoms with Gasteiger partial charge < -0.3 is 39.4 Å². The summed E-state index contributed by atoms with van der Waals surface area (Å²) in [6.45, 7) is 0. The van der Waals surface area contributed by atoms with E-state index in [1.165, 1.54) is 87.1 Å². The molecule has 360 valence electrons. The highest BCUT2D eigenvalue weighted by atomic mass is 16.6. The number of carbonyl (C=O) groups excluding carboxylic acids is 4. The largest absolute Gasteiger partial charge is 0.507 e. The van der Waals surface area contributed by atoms with Gasteiger partial charge in [-0.05, 0) is 120 Å². The normalized spacial score (nSPS) is 11.3. The van der Waals surface area contributed by atoms with Gasteiger partial charge in [0, 0.05) is 0 Å². The summed E-state index contributed by atoms with van der Waals surface area (Å²) in [6.07, 6.45) is 5.47. The first-order valence-electron chi connectivity index (χ1n) is 21.5. The average molecular weight is 961 g/mol. The van der Waals surface area contributed by atoms with Gasteiger partial charge in [0.2, 0.25) is 0 Å². The van der Waals surface area contributed by atoms with Gasteiger partial charge in [-0.2, -0.15) is 20.5 Å². The lowest BCUT2D eigenvalue weighted by Gasteiger charge is -2.10. The summed E-state index contributed by atoms with van der Waals surface area (Å²) < 4.78 is 22.0. The Hall–Kier alpha value is -9.58. The summed E-state index contributed by atoms with van der Waals surface area (Å²) in [7, 11) is 2.79. The molecule has 6 rings (SSSR count). The molecular weight excluding hydrogens is 917 g/mol. The van der Waals surface area contributed by atoms with Crippen molar-refractivity contribution in [3.05, 3.63) is 167 Å². The Labute approximate surface area is 405 Å². The number of aromatic hydroxyl groups is 2. The van der Waals surface area contributed by atoms with E-state index in [4.69, 9.17) is 18.9 Å². The van der Waals surface area contributed by atoms with Crippen molar-refractivity contribution in [1.82, 2.24) is 0 Å². The van der Waals surface area contributed by atoms with Gasteiger partial charge in [-0.3, -0.25) is 19.2 Å². The topological polar surface area (TPSA) is 270 Å². The van der Waals surface area contributed by atoms with E-state index in [1.807, 2.05) is 0 Å². The van der Waals surface area contributed by atoms with Crippen LogP contribution < -0.4 is 18.9 Å². The van der Waals surface area contributed by atoms with Gasteiger partial charge in [-0.1, -0.05) is 60.7 Å². The van der Waals surface area contributed by atoms with E-state index < -0.39 is 53.4 Å². The van der Waals surface area contributed by atoms with Crippen LogP contribution in [0.15, 0.2) is 154 Å². The number of ether oxygens (including phenoxy) is 4. The van der Waals surface area contributed by atoms with Crippen molar-refractivity contribution in [2.45, 2.75) is 32.1 Å². The first-order chi connectivity index (χ1) is 34.2. The molecule has 0 radical (unpaired) electrons. The third-order valence-corrected chi connectivity index (χ3v) is 10.2. The third kappa shape index (κ3) is 14.7. The zero-order valence-corrected chi connectivity index (χ0v) is 38.1. The number of phenols is 2. The van der Waals surface area contributed by atoms with Crippen LogP contribution in [0.5, 0.6) is 34.5 Å². The Bertz CT molecular complexity index is 2920. The van der Waals surface area contributed by atoms with E-state index in [2.05, 4.69) is 20.5 Å². The first-order valence-corrected chi connectivity index (χ1v) is 21.5. The highest BCUT2D eigenvalue weighted by molar-refractivity contribution is 6.11. The van der Waals surface area contributed by atoms with Crippen molar-refractivity contribution in [2.75, 3.05) is 14.2 Å². The Balaban J connectivity index is 0.970. The van der Waals surface area contributed by atoms with Crippen molar-refractivity contribution in [3.63, 3.8) is 0 Å². The molecule has 6 aromatic carbocycles. The van der Waals surface area contributed by atoms with Gasteiger partial charge in [-0.25, -0.2) is 9.59 Å². The van der Waals surface area contributed by atoms with Crippen LogP contribution in [0, 0.1) is 0 Å². The molecule has 0 aliphatic carbocycles. The molecule has 4 N–H and O–H groups in total. The summed E-state index contributed by atoms with van der Waals surface area (Å²) in [4.78, 5) is 74.0. The number of carbonyl (C=O) groups is 6. The molecular formula is C53H44N4O14. The van der Waals surface area contributed by atoms with Crippen LogP contribution in [-0.4, -0.2) is 70.1 Å². The number of carboxylic acids is 2. The minimum absolute atomic E-state index is 0.0351. The summed E-state index contributed by atoms with van der Waals surface area (Å²) in [5.74, 6) is -4.76. The van der Waals surface area contributed by atoms with Gasteiger partial charge in [0.1, 0.15) is 22.6 Å². The van der Waals surface area contributed by atoms with E-state index in [0.29, 0.717) is 33.6 Å². The number of aromatic carboxylic acids is 2. The van der Waals surface area contributed by atoms with Crippen LogP contribution in [0.2, 0.25) is 0 Å². The molecule has 0 bridgehead atoms. The Morgan fingerprint density at radius 1 is 0.493 bits per heavy atom. The van der Waals surface area contributed by atoms with Gasteiger partial charge in [-0.15, -0.1) is 0 Å². The average Bonchev–Trinajstić information content (AvgIpc) is 3.36. The number of methoxy groups -OCH3 is 2. The van der Waals surface area contributed by atoms with Crippen LogP contribution in [0.25, 0.3) is 12.2 Å². The lowest BCUT2D eigenvalue weighted by molar-refractivity contribution is -0.135. The highest BCUT2D eigenvalue weighted by Gasteiger charge is 2.16.